The lowest BCUT2D eigenvalue weighted by molar-refractivity contribution is 0.198. The Balaban J connectivity index is 2.15. The third-order valence-electron chi connectivity index (χ3n) is 2.72. The summed E-state index contributed by atoms with van der Waals surface area (Å²) in [7, 11) is 0. The summed E-state index contributed by atoms with van der Waals surface area (Å²) in [5, 5.41) is 9.43. The predicted octanol–water partition coefficient (Wildman–Crippen LogP) is 1.22. The van der Waals surface area contributed by atoms with Gasteiger partial charge in [0.1, 0.15) is 0 Å². The molecule has 0 aromatic carbocycles. The quantitative estimate of drug-likeness (QED) is 0.765. The molecule has 1 N–H and O–H groups in total. The van der Waals surface area contributed by atoms with Crippen LogP contribution in [0.15, 0.2) is 18.5 Å². The molecule has 2 rings (SSSR count). The molecule has 0 aliphatic carbocycles. The van der Waals surface area contributed by atoms with E-state index in [0.717, 1.165) is 31.6 Å². The summed E-state index contributed by atoms with van der Waals surface area (Å²) < 4.78 is 0. The average molecular weight is 192 g/mol. The number of hydrogen-bond acceptors (Lipinski definition) is 3. The van der Waals surface area contributed by atoms with Crippen LogP contribution in [0, 0.1) is 0 Å². The van der Waals surface area contributed by atoms with E-state index in [1.165, 1.54) is 5.56 Å². The van der Waals surface area contributed by atoms with E-state index in [9.17, 15) is 5.11 Å². The van der Waals surface area contributed by atoms with Gasteiger partial charge in [-0.05, 0) is 24.5 Å². The highest BCUT2D eigenvalue weighted by atomic mass is 16.3. The minimum Gasteiger partial charge on any atom is -0.391 e. The third kappa shape index (κ3) is 1.87. The first-order valence-electron chi connectivity index (χ1n) is 5.16. The highest BCUT2D eigenvalue weighted by Crippen LogP contribution is 2.20. The van der Waals surface area contributed by atoms with Crippen LogP contribution in [0.5, 0.6) is 0 Å². The number of nitrogens with zero attached hydrogens (tertiary/aromatic N) is 2. The first-order valence-corrected chi connectivity index (χ1v) is 5.16. The van der Waals surface area contributed by atoms with Crippen LogP contribution in [0.1, 0.15) is 18.9 Å². The van der Waals surface area contributed by atoms with Crippen LogP contribution < -0.4 is 4.90 Å². The molecule has 1 unspecified atom stereocenters. The molecule has 1 saturated heterocycles. The number of aliphatic hydroxyl groups excluding tert-OH is 1. The third-order valence-corrected chi connectivity index (χ3v) is 2.72. The van der Waals surface area contributed by atoms with Crippen molar-refractivity contribution in [1.82, 2.24) is 4.98 Å². The Bertz CT molecular complexity index is 314. The Morgan fingerprint density at radius 3 is 3.07 bits per heavy atom. The molecule has 1 aromatic heterocycles. The molecule has 1 aromatic rings. The zero-order valence-corrected chi connectivity index (χ0v) is 8.48. The smallest absolute Gasteiger partial charge is 0.0731 e. The van der Waals surface area contributed by atoms with Crippen molar-refractivity contribution in [2.45, 2.75) is 25.9 Å². The second-order valence-electron chi connectivity index (χ2n) is 3.79. The topological polar surface area (TPSA) is 36.4 Å². The summed E-state index contributed by atoms with van der Waals surface area (Å²) >= 11 is 0. The maximum Gasteiger partial charge on any atom is 0.0731 e. The van der Waals surface area contributed by atoms with E-state index in [2.05, 4.69) is 22.9 Å². The fourth-order valence-electron chi connectivity index (χ4n) is 1.82. The Morgan fingerprint density at radius 2 is 2.43 bits per heavy atom. The molecule has 76 valence electrons. The monoisotopic (exact) mass is 192 g/mol. The van der Waals surface area contributed by atoms with Gasteiger partial charge < -0.3 is 10.0 Å². The van der Waals surface area contributed by atoms with E-state index in [0.29, 0.717) is 0 Å². The maximum absolute atomic E-state index is 9.43. The van der Waals surface area contributed by atoms with E-state index in [4.69, 9.17) is 0 Å². The molecule has 0 amide bonds. The normalized spacial score (nSPS) is 21.6. The van der Waals surface area contributed by atoms with Gasteiger partial charge in [-0.3, -0.25) is 4.98 Å². The lowest BCUT2D eigenvalue weighted by Crippen LogP contribution is -2.21. The number of rotatable bonds is 2. The summed E-state index contributed by atoms with van der Waals surface area (Å²) in [5.41, 5.74) is 2.39. The summed E-state index contributed by atoms with van der Waals surface area (Å²) in [4.78, 5) is 6.39. The van der Waals surface area contributed by atoms with Crippen LogP contribution in [0.3, 0.4) is 0 Å². The Hall–Kier alpha value is -1.09. The van der Waals surface area contributed by atoms with Crippen LogP contribution in [-0.2, 0) is 6.42 Å². The van der Waals surface area contributed by atoms with Crippen molar-refractivity contribution in [2.75, 3.05) is 18.0 Å². The van der Waals surface area contributed by atoms with Crippen molar-refractivity contribution in [2.24, 2.45) is 0 Å². The van der Waals surface area contributed by atoms with E-state index < -0.39 is 0 Å². The largest absolute Gasteiger partial charge is 0.391 e. The van der Waals surface area contributed by atoms with Crippen LogP contribution in [0.25, 0.3) is 0 Å². The molecule has 1 aliphatic rings. The molecular weight excluding hydrogens is 176 g/mol. The van der Waals surface area contributed by atoms with Gasteiger partial charge in [-0.15, -0.1) is 0 Å². The number of aryl methyl sites for hydroxylation is 1. The van der Waals surface area contributed by atoms with Gasteiger partial charge in [0.2, 0.25) is 0 Å². The highest BCUT2D eigenvalue weighted by Gasteiger charge is 2.20. The van der Waals surface area contributed by atoms with E-state index >= 15 is 0 Å². The standard InChI is InChI=1S/C11H16N2O/c1-2-9-5-10(7-12-6-9)13-4-3-11(14)8-13/h5-7,11,14H,2-4,8H2,1H3. The van der Waals surface area contributed by atoms with Crippen LogP contribution in [-0.4, -0.2) is 29.3 Å². The van der Waals surface area contributed by atoms with Crippen LogP contribution >= 0.6 is 0 Å². The molecular formula is C11H16N2O. The van der Waals surface area contributed by atoms with E-state index in [1.807, 2.05) is 12.4 Å². The van der Waals surface area contributed by atoms with Gasteiger partial charge in [-0.25, -0.2) is 0 Å². The summed E-state index contributed by atoms with van der Waals surface area (Å²) in [6.45, 7) is 3.81. The van der Waals surface area contributed by atoms with Gasteiger partial charge in [0, 0.05) is 19.3 Å². The molecule has 0 bridgehead atoms. The summed E-state index contributed by atoms with van der Waals surface area (Å²) in [5.74, 6) is 0. The number of anilines is 1. The molecule has 3 heteroatoms. The molecule has 3 nitrogen and oxygen atoms in total. The molecule has 0 saturated carbocycles. The van der Waals surface area contributed by atoms with E-state index in [1.54, 1.807) is 0 Å². The second kappa shape index (κ2) is 3.96. The predicted molar refractivity (Wildman–Crippen MR) is 56.5 cm³/mol. The zero-order chi connectivity index (χ0) is 9.97. The maximum atomic E-state index is 9.43. The average Bonchev–Trinajstić information content (AvgIpc) is 2.65. The number of aliphatic hydroxyl groups is 1. The lowest BCUT2D eigenvalue weighted by atomic mass is 10.2. The minimum atomic E-state index is -0.166. The van der Waals surface area contributed by atoms with Crippen molar-refractivity contribution in [3.63, 3.8) is 0 Å². The highest BCUT2D eigenvalue weighted by molar-refractivity contribution is 5.47. The molecule has 2 heterocycles. The van der Waals surface area contributed by atoms with Gasteiger partial charge in [0.15, 0.2) is 0 Å². The first-order chi connectivity index (χ1) is 6.79. The Labute approximate surface area is 84.4 Å². The van der Waals surface area contributed by atoms with Gasteiger partial charge in [0.05, 0.1) is 18.0 Å². The van der Waals surface area contributed by atoms with Crippen molar-refractivity contribution < 1.29 is 5.11 Å². The SMILES string of the molecule is CCc1cncc(N2CCC(O)C2)c1. The van der Waals surface area contributed by atoms with Gasteiger partial charge in [0.25, 0.3) is 0 Å². The Kier molecular flexibility index (Phi) is 2.68. The second-order valence-corrected chi connectivity index (χ2v) is 3.79. The lowest BCUT2D eigenvalue weighted by Gasteiger charge is -2.17. The van der Waals surface area contributed by atoms with Crippen LogP contribution in [0.4, 0.5) is 5.69 Å². The Morgan fingerprint density at radius 1 is 1.57 bits per heavy atom. The molecule has 1 fully saturated rings. The van der Waals surface area contributed by atoms with Crippen molar-refractivity contribution in [1.29, 1.82) is 0 Å². The fourth-order valence-corrected chi connectivity index (χ4v) is 1.82. The number of pyridine rings is 1. The molecule has 1 aliphatic heterocycles. The molecule has 0 radical (unpaired) electrons. The fraction of sp³-hybridized carbons (Fsp3) is 0.545. The van der Waals surface area contributed by atoms with Crippen molar-refractivity contribution >= 4 is 5.69 Å². The molecule has 14 heavy (non-hydrogen) atoms. The van der Waals surface area contributed by atoms with E-state index in [-0.39, 0.29) is 6.10 Å². The molecule has 0 spiro atoms. The number of aromatic nitrogens is 1. The summed E-state index contributed by atoms with van der Waals surface area (Å²) in [6.07, 6.45) is 5.49. The van der Waals surface area contributed by atoms with Crippen LogP contribution in [0.2, 0.25) is 0 Å². The first kappa shape index (κ1) is 9.46. The van der Waals surface area contributed by atoms with Gasteiger partial charge in [-0.2, -0.15) is 0 Å². The summed E-state index contributed by atoms with van der Waals surface area (Å²) in [6, 6.07) is 2.16. The minimum absolute atomic E-state index is 0.166. The van der Waals surface area contributed by atoms with Gasteiger partial charge >= 0.3 is 0 Å². The van der Waals surface area contributed by atoms with Gasteiger partial charge in [-0.1, -0.05) is 6.92 Å². The van der Waals surface area contributed by atoms with Crippen molar-refractivity contribution in [3.05, 3.63) is 24.0 Å². The number of hydrogen-bond donors (Lipinski definition) is 1. The molecule has 1 atom stereocenters. The number of β-amino-alcohol motifs (C(OH)–C–C–N with tert-alkyl or cyclic N) is 1. The zero-order valence-electron chi connectivity index (χ0n) is 8.48. The van der Waals surface area contributed by atoms with Crippen molar-refractivity contribution in [3.8, 4) is 0 Å².